The highest BCUT2D eigenvalue weighted by atomic mass is 16.4. The quantitative estimate of drug-likeness (QED) is 0.855. The Kier molecular flexibility index (Phi) is 4.10. The lowest BCUT2D eigenvalue weighted by molar-refractivity contribution is 0.0908. The van der Waals surface area contributed by atoms with E-state index < -0.39 is 0 Å². The molecule has 0 radical (unpaired) electrons. The Balaban J connectivity index is 2.90. The number of nitrogens with zero attached hydrogens (tertiary/aromatic N) is 1. The molecule has 0 aromatic carbocycles. The number of rotatable bonds is 4. The number of carbonyl (C=O) groups is 1. The van der Waals surface area contributed by atoms with E-state index in [2.05, 4.69) is 10.3 Å². The smallest absolute Gasteiger partial charge is 0.289 e. The van der Waals surface area contributed by atoms with Crippen LogP contribution in [0.15, 0.2) is 4.42 Å². The summed E-state index contributed by atoms with van der Waals surface area (Å²) in [6.07, 6.45) is 0.899. The number of aromatic nitrogens is 1. The predicted octanol–water partition coefficient (Wildman–Crippen LogP) is 2.63. The number of carbonyl (C=O) groups excluding carboxylic acids is 1. The van der Waals surface area contributed by atoms with Crippen LogP contribution in [0, 0.1) is 6.92 Å². The number of oxazole rings is 1. The van der Waals surface area contributed by atoms with Crippen LogP contribution in [0.5, 0.6) is 0 Å². The van der Waals surface area contributed by atoms with Crippen LogP contribution >= 0.6 is 0 Å². The van der Waals surface area contributed by atoms with Crippen molar-refractivity contribution in [3.63, 3.8) is 0 Å². The van der Waals surface area contributed by atoms with E-state index in [1.807, 2.05) is 27.7 Å². The van der Waals surface area contributed by atoms with Gasteiger partial charge in [-0.3, -0.25) is 4.79 Å². The fourth-order valence-corrected chi connectivity index (χ4v) is 1.39. The van der Waals surface area contributed by atoms with Crippen LogP contribution in [0.3, 0.4) is 0 Å². The molecule has 0 aliphatic rings. The molecule has 1 aromatic rings. The fraction of sp³-hybridized carbons (Fsp3) is 0.667. The third-order valence-corrected chi connectivity index (χ3v) is 2.50. The van der Waals surface area contributed by atoms with Gasteiger partial charge in [-0.05, 0) is 19.3 Å². The molecule has 0 bridgehead atoms. The molecule has 1 rings (SSSR count). The molecule has 0 spiro atoms. The minimum atomic E-state index is -0.168. The fourth-order valence-electron chi connectivity index (χ4n) is 1.39. The Morgan fingerprint density at radius 2 is 2.06 bits per heavy atom. The molecule has 4 heteroatoms. The summed E-state index contributed by atoms with van der Waals surface area (Å²) in [6, 6.07) is 0.151. The zero-order valence-corrected chi connectivity index (χ0v) is 10.6. The normalized spacial score (nSPS) is 12.9. The Labute approximate surface area is 96.4 Å². The standard InChI is InChI=1S/C12H20N2O2/c1-6-8(4)13-12(15)11-10(7(2)3)14-9(5)16-11/h7-8H,6H2,1-5H3,(H,13,15). The topological polar surface area (TPSA) is 55.1 Å². The van der Waals surface area contributed by atoms with Crippen LogP contribution in [-0.4, -0.2) is 16.9 Å². The van der Waals surface area contributed by atoms with Crippen molar-refractivity contribution < 1.29 is 9.21 Å². The van der Waals surface area contributed by atoms with Crippen molar-refractivity contribution in [1.29, 1.82) is 0 Å². The highest BCUT2D eigenvalue weighted by molar-refractivity contribution is 5.92. The Morgan fingerprint density at radius 1 is 1.44 bits per heavy atom. The lowest BCUT2D eigenvalue weighted by atomic mass is 10.1. The van der Waals surface area contributed by atoms with Gasteiger partial charge in [0.1, 0.15) is 0 Å². The van der Waals surface area contributed by atoms with Crippen molar-refractivity contribution in [2.45, 2.75) is 53.0 Å². The summed E-state index contributed by atoms with van der Waals surface area (Å²) in [5.41, 5.74) is 0.735. The SMILES string of the molecule is CCC(C)NC(=O)c1oc(C)nc1C(C)C. The zero-order valence-electron chi connectivity index (χ0n) is 10.6. The first kappa shape index (κ1) is 12.7. The number of nitrogens with one attached hydrogen (secondary N) is 1. The summed E-state index contributed by atoms with van der Waals surface area (Å²) in [6.45, 7) is 9.75. The van der Waals surface area contributed by atoms with Gasteiger partial charge in [-0.2, -0.15) is 0 Å². The lowest BCUT2D eigenvalue weighted by Crippen LogP contribution is -2.32. The van der Waals surface area contributed by atoms with E-state index in [0.29, 0.717) is 11.7 Å². The maximum absolute atomic E-state index is 11.9. The second-order valence-electron chi connectivity index (χ2n) is 4.38. The number of aryl methyl sites for hydroxylation is 1. The summed E-state index contributed by atoms with van der Waals surface area (Å²) in [7, 11) is 0. The van der Waals surface area contributed by atoms with E-state index in [9.17, 15) is 4.79 Å². The minimum Gasteiger partial charge on any atom is -0.436 e. The Morgan fingerprint density at radius 3 is 2.56 bits per heavy atom. The highest BCUT2D eigenvalue weighted by Gasteiger charge is 2.21. The molecule has 0 saturated heterocycles. The van der Waals surface area contributed by atoms with Gasteiger partial charge in [0, 0.05) is 13.0 Å². The van der Waals surface area contributed by atoms with Gasteiger partial charge in [-0.1, -0.05) is 20.8 Å². The molecule has 1 N–H and O–H groups in total. The largest absolute Gasteiger partial charge is 0.436 e. The lowest BCUT2D eigenvalue weighted by Gasteiger charge is -2.10. The third-order valence-electron chi connectivity index (χ3n) is 2.50. The molecule has 4 nitrogen and oxygen atoms in total. The van der Waals surface area contributed by atoms with E-state index in [1.54, 1.807) is 6.92 Å². The molecule has 0 fully saturated rings. The molecular weight excluding hydrogens is 204 g/mol. The minimum absolute atomic E-state index is 0.151. The molecule has 1 heterocycles. The average Bonchev–Trinajstić information content (AvgIpc) is 2.60. The summed E-state index contributed by atoms with van der Waals surface area (Å²) in [5, 5.41) is 2.88. The van der Waals surface area contributed by atoms with Gasteiger partial charge in [0.25, 0.3) is 5.91 Å². The summed E-state index contributed by atoms with van der Waals surface area (Å²) in [5.74, 6) is 0.916. The van der Waals surface area contributed by atoms with Crippen molar-refractivity contribution in [2.24, 2.45) is 0 Å². The summed E-state index contributed by atoms with van der Waals surface area (Å²) < 4.78 is 5.36. The highest BCUT2D eigenvalue weighted by Crippen LogP contribution is 2.19. The van der Waals surface area contributed by atoms with Crippen LogP contribution in [-0.2, 0) is 0 Å². The summed E-state index contributed by atoms with van der Waals surface area (Å²) >= 11 is 0. The molecular formula is C12H20N2O2. The van der Waals surface area contributed by atoms with E-state index in [0.717, 1.165) is 12.1 Å². The Hall–Kier alpha value is -1.32. The molecule has 16 heavy (non-hydrogen) atoms. The molecule has 1 atom stereocenters. The predicted molar refractivity (Wildman–Crippen MR) is 62.5 cm³/mol. The number of hydrogen-bond acceptors (Lipinski definition) is 3. The van der Waals surface area contributed by atoms with Crippen LogP contribution in [0.1, 0.15) is 62.2 Å². The van der Waals surface area contributed by atoms with Crippen molar-refractivity contribution >= 4 is 5.91 Å². The van der Waals surface area contributed by atoms with Crippen LogP contribution in [0.2, 0.25) is 0 Å². The van der Waals surface area contributed by atoms with Crippen molar-refractivity contribution in [3.8, 4) is 0 Å². The first-order valence-corrected chi connectivity index (χ1v) is 5.73. The average molecular weight is 224 g/mol. The molecule has 0 aliphatic carbocycles. The van der Waals surface area contributed by atoms with Crippen LogP contribution in [0.4, 0.5) is 0 Å². The van der Waals surface area contributed by atoms with Crippen LogP contribution < -0.4 is 5.32 Å². The van der Waals surface area contributed by atoms with Crippen molar-refractivity contribution in [3.05, 3.63) is 17.3 Å². The van der Waals surface area contributed by atoms with E-state index in [-0.39, 0.29) is 17.9 Å². The second kappa shape index (κ2) is 5.14. The molecule has 1 aromatic heterocycles. The Bertz CT molecular complexity index is 369. The molecule has 0 aliphatic heterocycles. The van der Waals surface area contributed by atoms with E-state index >= 15 is 0 Å². The maximum Gasteiger partial charge on any atom is 0.289 e. The van der Waals surface area contributed by atoms with Gasteiger partial charge < -0.3 is 9.73 Å². The van der Waals surface area contributed by atoms with E-state index in [4.69, 9.17) is 4.42 Å². The first-order valence-electron chi connectivity index (χ1n) is 5.73. The van der Waals surface area contributed by atoms with Crippen LogP contribution in [0.25, 0.3) is 0 Å². The van der Waals surface area contributed by atoms with E-state index in [1.165, 1.54) is 0 Å². The van der Waals surface area contributed by atoms with Gasteiger partial charge in [0.05, 0.1) is 5.69 Å². The van der Waals surface area contributed by atoms with Crippen molar-refractivity contribution in [1.82, 2.24) is 10.3 Å². The zero-order chi connectivity index (χ0) is 12.3. The number of hydrogen-bond donors (Lipinski definition) is 1. The second-order valence-corrected chi connectivity index (χ2v) is 4.38. The molecule has 90 valence electrons. The molecule has 1 unspecified atom stereocenters. The third kappa shape index (κ3) is 2.84. The van der Waals surface area contributed by atoms with Gasteiger partial charge in [0.15, 0.2) is 5.89 Å². The van der Waals surface area contributed by atoms with Gasteiger partial charge >= 0.3 is 0 Å². The first-order chi connectivity index (χ1) is 7.45. The number of amides is 1. The monoisotopic (exact) mass is 224 g/mol. The van der Waals surface area contributed by atoms with Crippen molar-refractivity contribution in [2.75, 3.05) is 0 Å². The van der Waals surface area contributed by atoms with Gasteiger partial charge in [-0.25, -0.2) is 4.98 Å². The van der Waals surface area contributed by atoms with Gasteiger partial charge in [-0.15, -0.1) is 0 Å². The van der Waals surface area contributed by atoms with Gasteiger partial charge in [0.2, 0.25) is 5.76 Å². The summed E-state index contributed by atoms with van der Waals surface area (Å²) in [4.78, 5) is 16.1. The maximum atomic E-state index is 11.9. The molecule has 1 amide bonds. The molecule has 0 saturated carbocycles.